The Balaban J connectivity index is 1.52. The number of para-hydroxylation sites is 1. The highest BCUT2D eigenvalue weighted by Crippen LogP contribution is 2.29. The minimum absolute atomic E-state index is 0.159. The number of ketones is 1. The summed E-state index contributed by atoms with van der Waals surface area (Å²) in [7, 11) is 0. The molecule has 0 spiro atoms. The van der Waals surface area contributed by atoms with Crippen LogP contribution in [0.5, 0.6) is 5.75 Å². The predicted molar refractivity (Wildman–Crippen MR) is 120 cm³/mol. The van der Waals surface area contributed by atoms with Crippen LogP contribution in [0.4, 0.5) is 0 Å². The summed E-state index contributed by atoms with van der Waals surface area (Å²) in [5, 5.41) is 1.29. The minimum Gasteiger partial charge on any atom is -0.485 e. The van der Waals surface area contributed by atoms with Crippen molar-refractivity contribution in [2.24, 2.45) is 0 Å². The summed E-state index contributed by atoms with van der Waals surface area (Å²) >= 11 is 0. The van der Waals surface area contributed by atoms with E-state index in [1.165, 1.54) is 12.1 Å². The molecule has 3 aromatic carbocycles. The van der Waals surface area contributed by atoms with Crippen LogP contribution in [0.3, 0.4) is 0 Å². The zero-order valence-corrected chi connectivity index (χ0v) is 16.7. The molecule has 2 aromatic heterocycles. The quantitative estimate of drug-likeness (QED) is 0.297. The number of fused-ring (bicyclic) bond motifs is 2. The third-order valence-electron chi connectivity index (χ3n) is 5.11. The zero-order chi connectivity index (χ0) is 22.1. The number of ether oxygens (including phenoxy) is 1. The molecule has 6 nitrogen and oxygen atoms in total. The molecule has 5 aromatic rings. The molecular formula is C26H16O6. The molecule has 0 fully saturated rings. The van der Waals surface area contributed by atoms with E-state index in [0.29, 0.717) is 27.8 Å². The van der Waals surface area contributed by atoms with Crippen LogP contribution in [-0.2, 0) is 0 Å². The second kappa shape index (κ2) is 8.00. The van der Waals surface area contributed by atoms with Gasteiger partial charge in [-0.2, -0.15) is 0 Å². The Hall–Kier alpha value is -4.45. The maximum absolute atomic E-state index is 12.6. The number of hydrogen-bond donors (Lipinski definition) is 0. The zero-order valence-electron chi connectivity index (χ0n) is 16.7. The molecule has 0 saturated carbocycles. The van der Waals surface area contributed by atoms with E-state index in [4.69, 9.17) is 13.6 Å². The summed E-state index contributed by atoms with van der Waals surface area (Å²) < 4.78 is 16.4. The summed E-state index contributed by atoms with van der Waals surface area (Å²) in [6.07, 6.45) is 0. The fourth-order valence-corrected chi connectivity index (χ4v) is 3.56. The van der Waals surface area contributed by atoms with Gasteiger partial charge in [0.2, 0.25) is 0 Å². The van der Waals surface area contributed by atoms with Gasteiger partial charge >= 0.3 is 11.3 Å². The third-order valence-corrected chi connectivity index (χ3v) is 5.11. The summed E-state index contributed by atoms with van der Waals surface area (Å²) in [6.45, 7) is -0.159. The molecule has 6 heteroatoms. The molecule has 0 N–H and O–H groups in total. The third kappa shape index (κ3) is 3.70. The fourth-order valence-electron chi connectivity index (χ4n) is 3.56. The normalized spacial score (nSPS) is 11.0. The van der Waals surface area contributed by atoms with Gasteiger partial charge in [0.1, 0.15) is 16.9 Å². The van der Waals surface area contributed by atoms with Crippen molar-refractivity contribution >= 4 is 27.7 Å². The van der Waals surface area contributed by atoms with Gasteiger partial charge in [-0.1, -0.05) is 48.5 Å². The van der Waals surface area contributed by atoms with Crippen molar-refractivity contribution in [2.75, 3.05) is 6.61 Å². The maximum atomic E-state index is 12.6. The van der Waals surface area contributed by atoms with E-state index in [-0.39, 0.29) is 23.5 Å². The standard InChI is InChI=1S/C26H16O6/c27-22(16-6-2-1-3-7-16)15-30-18-10-11-19-20(14-25(28)31-24(19)13-18)21-12-17-8-4-5-9-23(17)32-26(21)29/h1-14H,15H2. The molecule has 0 atom stereocenters. The van der Waals surface area contributed by atoms with Crippen LogP contribution in [0, 0.1) is 0 Å². The topological polar surface area (TPSA) is 86.7 Å². The van der Waals surface area contributed by atoms with Crippen LogP contribution >= 0.6 is 0 Å². The Kier molecular flexibility index (Phi) is 4.88. The Labute approximate surface area is 181 Å². The fraction of sp³-hybridized carbons (Fsp3) is 0.0385. The van der Waals surface area contributed by atoms with Crippen molar-refractivity contribution in [1.29, 1.82) is 0 Å². The molecule has 32 heavy (non-hydrogen) atoms. The number of carbonyl (C=O) groups is 1. The van der Waals surface area contributed by atoms with Crippen LogP contribution in [0.25, 0.3) is 33.1 Å². The molecule has 0 amide bonds. The molecule has 156 valence electrons. The highest BCUT2D eigenvalue weighted by atomic mass is 16.5. The van der Waals surface area contributed by atoms with Gasteiger partial charge < -0.3 is 13.6 Å². The number of carbonyl (C=O) groups excluding carboxylic acids is 1. The minimum atomic E-state index is -0.613. The van der Waals surface area contributed by atoms with Crippen LogP contribution in [0.15, 0.2) is 103 Å². The summed E-state index contributed by atoms with van der Waals surface area (Å²) in [5.74, 6) is 0.197. The Morgan fingerprint density at radius 2 is 1.53 bits per heavy atom. The first-order chi connectivity index (χ1) is 15.6. The van der Waals surface area contributed by atoms with Gasteiger partial charge in [-0.25, -0.2) is 9.59 Å². The van der Waals surface area contributed by atoms with Crippen LogP contribution in [-0.4, -0.2) is 12.4 Å². The smallest absolute Gasteiger partial charge is 0.344 e. The lowest BCUT2D eigenvalue weighted by Gasteiger charge is -2.09. The summed E-state index contributed by atoms with van der Waals surface area (Å²) in [4.78, 5) is 37.1. The van der Waals surface area contributed by atoms with E-state index >= 15 is 0 Å². The highest BCUT2D eigenvalue weighted by Gasteiger charge is 2.15. The Morgan fingerprint density at radius 3 is 2.38 bits per heavy atom. The molecule has 0 aliphatic heterocycles. The van der Waals surface area contributed by atoms with E-state index in [1.54, 1.807) is 54.6 Å². The first kappa shape index (κ1) is 19.5. The van der Waals surface area contributed by atoms with E-state index in [2.05, 4.69) is 0 Å². The molecule has 5 rings (SSSR count). The van der Waals surface area contributed by atoms with Gasteiger partial charge in [-0.15, -0.1) is 0 Å². The van der Waals surface area contributed by atoms with Gasteiger partial charge in [0.25, 0.3) is 0 Å². The lowest BCUT2D eigenvalue weighted by atomic mass is 10.0. The molecule has 0 aliphatic rings. The largest absolute Gasteiger partial charge is 0.485 e. The number of rotatable bonds is 5. The second-order valence-electron chi connectivity index (χ2n) is 7.20. The van der Waals surface area contributed by atoms with Crippen LogP contribution < -0.4 is 16.0 Å². The van der Waals surface area contributed by atoms with Crippen molar-refractivity contribution in [2.45, 2.75) is 0 Å². The van der Waals surface area contributed by atoms with Gasteiger partial charge in [0.05, 0.1) is 5.56 Å². The van der Waals surface area contributed by atoms with Gasteiger partial charge in [-0.05, 0) is 24.3 Å². The molecule has 0 radical (unpaired) electrons. The molecule has 0 aliphatic carbocycles. The van der Waals surface area contributed by atoms with Crippen LogP contribution in [0.2, 0.25) is 0 Å². The van der Waals surface area contributed by atoms with E-state index < -0.39 is 11.3 Å². The van der Waals surface area contributed by atoms with Crippen molar-refractivity contribution in [3.63, 3.8) is 0 Å². The van der Waals surface area contributed by atoms with Gasteiger partial charge in [0, 0.05) is 34.0 Å². The van der Waals surface area contributed by atoms with Gasteiger partial charge in [0.15, 0.2) is 12.4 Å². The van der Waals surface area contributed by atoms with Crippen molar-refractivity contribution < 1.29 is 18.4 Å². The van der Waals surface area contributed by atoms with Crippen LogP contribution in [0.1, 0.15) is 10.4 Å². The lowest BCUT2D eigenvalue weighted by molar-refractivity contribution is 0.0921. The first-order valence-corrected chi connectivity index (χ1v) is 9.91. The van der Waals surface area contributed by atoms with E-state index in [1.807, 2.05) is 18.2 Å². The number of Topliss-reactive ketones (excluding diaryl/α,β-unsaturated/α-hetero) is 1. The highest BCUT2D eigenvalue weighted by molar-refractivity contribution is 5.97. The molecule has 0 bridgehead atoms. The Bertz CT molecular complexity index is 1580. The average molecular weight is 424 g/mol. The monoisotopic (exact) mass is 424 g/mol. The predicted octanol–water partition coefficient (Wildman–Crippen LogP) is 4.83. The van der Waals surface area contributed by atoms with Crippen molar-refractivity contribution in [3.05, 3.63) is 111 Å². The van der Waals surface area contributed by atoms with Gasteiger partial charge in [-0.3, -0.25) is 4.79 Å². The maximum Gasteiger partial charge on any atom is 0.344 e. The van der Waals surface area contributed by atoms with Crippen molar-refractivity contribution in [1.82, 2.24) is 0 Å². The van der Waals surface area contributed by atoms with E-state index in [9.17, 15) is 14.4 Å². The van der Waals surface area contributed by atoms with Crippen molar-refractivity contribution in [3.8, 4) is 16.9 Å². The number of hydrogen-bond acceptors (Lipinski definition) is 6. The summed E-state index contributed by atoms with van der Waals surface area (Å²) in [6, 6.07) is 23.8. The SMILES string of the molecule is O=C(COc1ccc2c(-c3cc4ccccc4oc3=O)cc(=O)oc2c1)c1ccccc1. The number of benzene rings is 3. The molecule has 2 heterocycles. The summed E-state index contributed by atoms with van der Waals surface area (Å²) in [5.41, 5.74) is 0.751. The first-order valence-electron chi connectivity index (χ1n) is 9.91. The molecule has 0 saturated heterocycles. The molecule has 0 unspecified atom stereocenters. The lowest BCUT2D eigenvalue weighted by Crippen LogP contribution is -2.11. The van der Waals surface area contributed by atoms with E-state index in [0.717, 1.165) is 5.39 Å². The molecular weight excluding hydrogens is 408 g/mol. The second-order valence-corrected chi connectivity index (χ2v) is 7.20. The Morgan fingerprint density at radius 1 is 0.750 bits per heavy atom. The average Bonchev–Trinajstić information content (AvgIpc) is 2.82.